The lowest BCUT2D eigenvalue weighted by Crippen LogP contribution is -2.26. The third-order valence-corrected chi connectivity index (χ3v) is 5.06. The molecule has 7 nitrogen and oxygen atoms in total. The van der Waals surface area contributed by atoms with Crippen molar-refractivity contribution >= 4 is 21.1 Å². The summed E-state index contributed by atoms with van der Waals surface area (Å²) < 4.78 is 37.7. The summed E-state index contributed by atoms with van der Waals surface area (Å²) in [6, 6.07) is 12.7. The highest BCUT2D eigenvalue weighted by molar-refractivity contribution is 7.89. The zero-order chi connectivity index (χ0) is 17.9. The number of hydrogen-bond acceptors (Lipinski definition) is 5. The van der Waals surface area contributed by atoms with Crippen molar-refractivity contribution in [2.45, 2.75) is 11.6 Å². The van der Waals surface area contributed by atoms with E-state index in [1.165, 1.54) is 0 Å². The van der Waals surface area contributed by atoms with E-state index in [4.69, 9.17) is 9.47 Å². The number of aromatic amines is 1. The number of fused-ring (bicyclic) bond motifs is 1. The molecule has 0 aliphatic heterocycles. The Kier molecular flexibility index (Phi) is 4.91. The summed E-state index contributed by atoms with van der Waals surface area (Å²) in [5.41, 5.74) is 2.23. The third kappa shape index (κ3) is 3.75. The molecule has 0 atom stereocenters. The number of H-pyrrole nitrogens is 1. The summed E-state index contributed by atoms with van der Waals surface area (Å²) >= 11 is 0. The van der Waals surface area contributed by atoms with Gasteiger partial charge in [0.2, 0.25) is 5.16 Å². The molecule has 0 amide bonds. The van der Waals surface area contributed by atoms with Crippen molar-refractivity contribution in [1.29, 1.82) is 0 Å². The Balaban J connectivity index is 1.68. The van der Waals surface area contributed by atoms with Crippen molar-refractivity contribution in [3.63, 3.8) is 0 Å². The first kappa shape index (κ1) is 17.2. The summed E-state index contributed by atoms with van der Waals surface area (Å²) in [6.45, 7) is 0.245. The molecular weight excluding hydrogens is 342 g/mol. The molecule has 25 heavy (non-hydrogen) atoms. The lowest BCUT2D eigenvalue weighted by Gasteiger charge is -2.10. The number of para-hydroxylation sites is 2. The van der Waals surface area contributed by atoms with Crippen LogP contribution in [0.1, 0.15) is 5.56 Å². The van der Waals surface area contributed by atoms with Gasteiger partial charge in [0.1, 0.15) is 0 Å². The maximum Gasteiger partial charge on any atom is 0.274 e. The van der Waals surface area contributed by atoms with E-state index in [9.17, 15) is 8.42 Å². The Hall–Kier alpha value is -2.58. The van der Waals surface area contributed by atoms with Crippen LogP contribution in [0.25, 0.3) is 11.0 Å². The predicted octanol–water partition coefficient (Wildman–Crippen LogP) is 2.10. The van der Waals surface area contributed by atoms with Crippen LogP contribution in [-0.2, 0) is 16.4 Å². The van der Waals surface area contributed by atoms with Gasteiger partial charge in [-0.2, -0.15) is 0 Å². The molecule has 0 radical (unpaired) electrons. The molecule has 1 heterocycles. The number of hydrogen-bond donors (Lipinski definition) is 2. The molecule has 0 fully saturated rings. The van der Waals surface area contributed by atoms with Gasteiger partial charge in [-0.1, -0.05) is 18.2 Å². The summed E-state index contributed by atoms with van der Waals surface area (Å²) in [5, 5.41) is -0.0824. The molecule has 0 aliphatic rings. The van der Waals surface area contributed by atoms with Crippen molar-refractivity contribution < 1.29 is 17.9 Å². The highest BCUT2D eigenvalue weighted by atomic mass is 32.2. The topological polar surface area (TPSA) is 93.3 Å². The summed E-state index contributed by atoms with van der Waals surface area (Å²) in [6.07, 6.45) is 0.514. The van der Waals surface area contributed by atoms with E-state index in [0.29, 0.717) is 29.0 Å². The minimum atomic E-state index is -3.69. The average Bonchev–Trinajstić information content (AvgIpc) is 3.06. The Bertz CT molecular complexity index is 949. The average molecular weight is 361 g/mol. The SMILES string of the molecule is COc1ccc(CCNS(=O)(=O)c2nc3ccccc3[nH]2)cc1OC. The first-order valence-electron chi connectivity index (χ1n) is 7.69. The van der Waals surface area contributed by atoms with Crippen molar-refractivity contribution in [2.75, 3.05) is 20.8 Å². The quantitative estimate of drug-likeness (QED) is 0.672. The molecule has 0 bridgehead atoms. The number of ether oxygens (including phenoxy) is 2. The normalized spacial score (nSPS) is 11.6. The van der Waals surface area contributed by atoms with Crippen LogP contribution in [0, 0.1) is 0 Å². The molecule has 8 heteroatoms. The first-order valence-corrected chi connectivity index (χ1v) is 9.17. The zero-order valence-corrected chi connectivity index (χ0v) is 14.8. The van der Waals surface area contributed by atoms with Crippen molar-refractivity contribution in [3.05, 3.63) is 48.0 Å². The van der Waals surface area contributed by atoms with Crippen LogP contribution in [0.2, 0.25) is 0 Å². The van der Waals surface area contributed by atoms with Crippen LogP contribution >= 0.6 is 0 Å². The summed E-state index contributed by atoms with van der Waals surface area (Å²) in [4.78, 5) is 6.94. The number of aromatic nitrogens is 2. The summed E-state index contributed by atoms with van der Waals surface area (Å²) in [5.74, 6) is 1.24. The van der Waals surface area contributed by atoms with Gasteiger partial charge in [-0.25, -0.2) is 18.1 Å². The second-order valence-electron chi connectivity index (χ2n) is 5.40. The molecule has 132 valence electrons. The van der Waals surface area contributed by atoms with E-state index in [2.05, 4.69) is 14.7 Å². The molecule has 3 rings (SSSR count). The van der Waals surface area contributed by atoms with Crippen LogP contribution in [0.5, 0.6) is 11.5 Å². The van der Waals surface area contributed by atoms with E-state index < -0.39 is 10.0 Å². The number of imidazole rings is 1. The third-order valence-electron chi connectivity index (χ3n) is 3.78. The van der Waals surface area contributed by atoms with Gasteiger partial charge < -0.3 is 14.5 Å². The molecular formula is C17H19N3O4S. The fourth-order valence-corrected chi connectivity index (χ4v) is 3.46. The van der Waals surface area contributed by atoms with E-state index >= 15 is 0 Å². The second-order valence-corrected chi connectivity index (χ2v) is 7.08. The minimum Gasteiger partial charge on any atom is -0.493 e. The molecule has 2 N–H and O–H groups in total. The van der Waals surface area contributed by atoms with Gasteiger partial charge in [0, 0.05) is 6.54 Å². The van der Waals surface area contributed by atoms with Crippen LogP contribution < -0.4 is 14.2 Å². The zero-order valence-electron chi connectivity index (χ0n) is 13.9. The van der Waals surface area contributed by atoms with Crippen LogP contribution in [0.4, 0.5) is 0 Å². The standard InChI is InChI=1S/C17H19N3O4S/c1-23-15-8-7-12(11-16(15)24-2)9-10-18-25(21,22)17-19-13-5-3-4-6-14(13)20-17/h3-8,11,18H,9-10H2,1-2H3,(H,19,20). The fourth-order valence-electron chi connectivity index (χ4n) is 2.49. The van der Waals surface area contributed by atoms with Gasteiger partial charge in [-0.05, 0) is 36.2 Å². The van der Waals surface area contributed by atoms with Crippen molar-refractivity contribution in [2.24, 2.45) is 0 Å². The number of benzene rings is 2. The van der Waals surface area contributed by atoms with Crippen molar-refractivity contribution in [3.8, 4) is 11.5 Å². The maximum absolute atomic E-state index is 12.4. The van der Waals surface area contributed by atoms with Crippen molar-refractivity contribution in [1.82, 2.24) is 14.7 Å². The number of rotatable bonds is 7. The van der Waals surface area contributed by atoms with Gasteiger partial charge in [0.25, 0.3) is 10.0 Å². The highest BCUT2D eigenvalue weighted by Gasteiger charge is 2.18. The maximum atomic E-state index is 12.4. The molecule has 3 aromatic rings. The molecule has 0 saturated heterocycles. The largest absolute Gasteiger partial charge is 0.493 e. The second kappa shape index (κ2) is 7.12. The lowest BCUT2D eigenvalue weighted by molar-refractivity contribution is 0.354. The van der Waals surface area contributed by atoms with Gasteiger partial charge in [0.05, 0.1) is 25.3 Å². The number of methoxy groups -OCH3 is 2. The molecule has 0 spiro atoms. The Labute approximate surface area is 146 Å². The van der Waals surface area contributed by atoms with Gasteiger partial charge in [0.15, 0.2) is 11.5 Å². The van der Waals surface area contributed by atoms with Crippen LogP contribution in [-0.4, -0.2) is 39.2 Å². The molecule has 0 unspecified atom stereocenters. The smallest absolute Gasteiger partial charge is 0.274 e. The van der Waals surface area contributed by atoms with Gasteiger partial charge in [-0.3, -0.25) is 0 Å². The minimum absolute atomic E-state index is 0.0824. The predicted molar refractivity (Wildman–Crippen MR) is 94.5 cm³/mol. The van der Waals surface area contributed by atoms with E-state index in [1.54, 1.807) is 32.4 Å². The van der Waals surface area contributed by atoms with E-state index in [-0.39, 0.29) is 11.7 Å². The Morgan fingerprint density at radius 2 is 1.84 bits per heavy atom. The van der Waals surface area contributed by atoms with Crippen LogP contribution in [0.15, 0.2) is 47.6 Å². The molecule has 2 aromatic carbocycles. The fraction of sp³-hybridized carbons (Fsp3) is 0.235. The monoisotopic (exact) mass is 361 g/mol. The Morgan fingerprint density at radius 3 is 2.56 bits per heavy atom. The lowest BCUT2D eigenvalue weighted by atomic mass is 10.1. The molecule has 1 aromatic heterocycles. The number of nitrogens with one attached hydrogen (secondary N) is 2. The van der Waals surface area contributed by atoms with E-state index in [1.807, 2.05) is 24.3 Å². The molecule has 0 aliphatic carbocycles. The summed E-state index contributed by atoms with van der Waals surface area (Å²) in [7, 11) is -0.564. The molecule has 0 saturated carbocycles. The van der Waals surface area contributed by atoms with E-state index in [0.717, 1.165) is 5.56 Å². The number of sulfonamides is 1. The van der Waals surface area contributed by atoms with Gasteiger partial charge in [-0.15, -0.1) is 0 Å². The number of nitrogens with zero attached hydrogens (tertiary/aromatic N) is 1. The Morgan fingerprint density at radius 1 is 1.08 bits per heavy atom. The van der Waals surface area contributed by atoms with Gasteiger partial charge >= 0.3 is 0 Å². The van der Waals surface area contributed by atoms with Crippen LogP contribution in [0.3, 0.4) is 0 Å². The first-order chi connectivity index (χ1) is 12.0. The highest BCUT2D eigenvalue weighted by Crippen LogP contribution is 2.27.